The van der Waals surface area contributed by atoms with Gasteiger partial charge in [-0.05, 0) is 42.1 Å². The predicted octanol–water partition coefficient (Wildman–Crippen LogP) is 3.44. The van der Waals surface area contributed by atoms with Crippen molar-refractivity contribution in [3.63, 3.8) is 0 Å². The first-order valence-electron chi connectivity index (χ1n) is 7.55. The van der Waals surface area contributed by atoms with Crippen molar-refractivity contribution < 1.29 is 4.79 Å². The number of hydrogen-bond donors (Lipinski definition) is 1. The SMILES string of the molecule is CCc1nnsc1C(=O)NC1CCCCC1C(C)(C)C. The molecule has 0 bridgehead atoms. The van der Waals surface area contributed by atoms with Crippen molar-refractivity contribution in [2.24, 2.45) is 11.3 Å². The number of hydrogen-bond acceptors (Lipinski definition) is 4. The fraction of sp³-hybridized carbons (Fsp3) is 0.800. The van der Waals surface area contributed by atoms with Gasteiger partial charge in [-0.1, -0.05) is 45.0 Å². The number of carbonyl (C=O) groups excluding carboxylic acids is 1. The lowest BCUT2D eigenvalue weighted by Crippen LogP contribution is -2.46. The van der Waals surface area contributed by atoms with Gasteiger partial charge in [0.05, 0.1) is 5.69 Å². The third-order valence-corrected chi connectivity index (χ3v) is 5.06. The summed E-state index contributed by atoms with van der Waals surface area (Å²) in [4.78, 5) is 13.1. The first kappa shape index (κ1) is 15.4. The number of amides is 1. The van der Waals surface area contributed by atoms with Crippen LogP contribution in [0.15, 0.2) is 0 Å². The molecule has 1 N–H and O–H groups in total. The van der Waals surface area contributed by atoms with Crippen molar-refractivity contribution in [1.82, 2.24) is 14.9 Å². The molecule has 5 heteroatoms. The molecule has 0 aliphatic heterocycles. The molecule has 1 aromatic heterocycles. The number of carbonyl (C=O) groups is 1. The fourth-order valence-electron chi connectivity index (χ4n) is 3.19. The molecule has 1 heterocycles. The molecule has 1 amide bonds. The van der Waals surface area contributed by atoms with Gasteiger partial charge in [-0.3, -0.25) is 4.79 Å². The van der Waals surface area contributed by atoms with E-state index < -0.39 is 0 Å². The Morgan fingerprint density at radius 3 is 2.70 bits per heavy atom. The van der Waals surface area contributed by atoms with Crippen molar-refractivity contribution in [1.29, 1.82) is 0 Å². The van der Waals surface area contributed by atoms with Crippen LogP contribution >= 0.6 is 11.5 Å². The largest absolute Gasteiger partial charge is 0.348 e. The van der Waals surface area contributed by atoms with Gasteiger partial charge >= 0.3 is 0 Å². The molecule has 2 rings (SSSR count). The Bertz CT molecular complexity index is 464. The summed E-state index contributed by atoms with van der Waals surface area (Å²) in [5.74, 6) is 0.559. The van der Waals surface area contributed by atoms with Crippen LogP contribution in [-0.2, 0) is 6.42 Å². The maximum absolute atomic E-state index is 12.4. The van der Waals surface area contributed by atoms with Crippen LogP contribution in [0, 0.1) is 11.3 Å². The van der Waals surface area contributed by atoms with Gasteiger partial charge in [-0.25, -0.2) is 0 Å². The van der Waals surface area contributed by atoms with E-state index in [0.29, 0.717) is 10.8 Å². The minimum Gasteiger partial charge on any atom is -0.348 e. The maximum Gasteiger partial charge on any atom is 0.265 e. The zero-order chi connectivity index (χ0) is 14.8. The number of aromatic nitrogens is 2. The van der Waals surface area contributed by atoms with Gasteiger partial charge in [-0.15, -0.1) is 5.10 Å². The van der Waals surface area contributed by atoms with E-state index in [9.17, 15) is 4.79 Å². The number of rotatable bonds is 3. The molecule has 4 nitrogen and oxygen atoms in total. The van der Waals surface area contributed by atoms with Gasteiger partial charge in [-0.2, -0.15) is 0 Å². The Morgan fingerprint density at radius 1 is 1.35 bits per heavy atom. The lowest BCUT2D eigenvalue weighted by Gasteiger charge is -2.40. The second-order valence-corrected chi connectivity index (χ2v) is 7.49. The average Bonchev–Trinajstić information content (AvgIpc) is 2.86. The molecule has 2 atom stereocenters. The second kappa shape index (κ2) is 6.20. The van der Waals surface area contributed by atoms with Crippen LogP contribution in [0.3, 0.4) is 0 Å². The molecule has 0 radical (unpaired) electrons. The number of nitrogens with zero attached hydrogens (tertiary/aromatic N) is 2. The van der Waals surface area contributed by atoms with Gasteiger partial charge in [0.15, 0.2) is 0 Å². The second-order valence-electron chi connectivity index (χ2n) is 6.74. The third-order valence-electron chi connectivity index (χ3n) is 4.29. The van der Waals surface area contributed by atoms with Gasteiger partial charge in [0.1, 0.15) is 4.88 Å². The van der Waals surface area contributed by atoms with Crippen LogP contribution in [0.4, 0.5) is 0 Å². The van der Waals surface area contributed by atoms with Crippen molar-refractivity contribution in [3.8, 4) is 0 Å². The minimum absolute atomic E-state index is 0.0120. The molecule has 1 saturated carbocycles. The van der Waals surface area contributed by atoms with Crippen LogP contribution in [-0.4, -0.2) is 21.5 Å². The Morgan fingerprint density at radius 2 is 2.05 bits per heavy atom. The van der Waals surface area contributed by atoms with E-state index in [1.165, 1.54) is 30.8 Å². The zero-order valence-electron chi connectivity index (χ0n) is 12.9. The fourth-order valence-corrected chi connectivity index (χ4v) is 3.84. The summed E-state index contributed by atoms with van der Waals surface area (Å²) >= 11 is 1.21. The zero-order valence-corrected chi connectivity index (χ0v) is 13.7. The van der Waals surface area contributed by atoms with Crippen LogP contribution in [0.2, 0.25) is 0 Å². The number of aryl methyl sites for hydroxylation is 1. The quantitative estimate of drug-likeness (QED) is 0.929. The molecule has 2 unspecified atom stereocenters. The Balaban J connectivity index is 2.09. The van der Waals surface area contributed by atoms with E-state index >= 15 is 0 Å². The molecule has 1 fully saturated rings. The first-order valence-corrected chi connectivity index (χ1v) is 8.33. The topological polar surface area (TPSA) is 54.9 Å². The summed E-state index contributed by atoms with van der Waals surface area (Å²) in [6, 6.07) is 0.281. The van der Waals surface area contributed by atoms with Crippen LogP contribution in [0.25, 0.3) is 0 Å². The summed E-state index contributed by atoms with van der Waals surface area (Å²) < 4.78 is 3.91. The molecule has 112 valence electrons. The van der Waals surface area contributed by atoms with Crippen LogP contribution < -0.4 is 5.32 Å². The third kappa shape index (κ3) is 3.37. The first-order chi connectivity index (χ1) is 9.43. The van der Waals surface area contributed by atoms with Gasteiger partial charge in [0.25, 0.3) is 5.91 Å². The highest BCUT2D eigenvalue weighted by Gasteiger charge is 2.35. The Labute approximate surface area is 125 Å². The van der Waals surface area contributed by atoms with Gasteiger partial charge in [0.2, 0.25) is 0 Å². The van der Waals surface area contributed by atoms with Crippen molar-refractivity contribution >= 4 is 17.4 Å². The summed E-state index contributed by atoms with van der Waals surface area (Å²) in [6.07, 6.45) is 5.53. The minimum atomic E-state index is 0.0120. The highest BCUT2D eigenvalue weighted by molar-refractivity contribution is 7.08. The summed E-state index contributed by atoms with van der Waals surface area (Å²) in [6.45, 7) is 8.82. The van der Waals surface area contributed by atoms with E-state index in [-0.39, 0.29) is 17.4 Å². The Kier molecular flexibility index (Phi) is 4.78. The lowest BCUT2D eigenvalue weighted by atomic mass is 9.69. The molecule has 20 heavy (non-hydrogen) atoms. The van der Waals surface area contributed by atoms with E-state index in [0.717, 1.165) is 18.5 Å². The predicted molar refractivity (Wildman–Crippen MR) is 82.0 cm³/mol. The van der Waals surface area contributed by atoms with Gasteiger partial charge < -0.3 is 5.32 Å². The lowest BCUT2D eigenvalue weighted by molar-refractivity contribution is 0.0833. The molecule has 1 aliphatic rings. The standard InChI is InChI=1S/C15H25N3OS/c1-5-11-13(20-18-17-11)14(19)16-12-9-7-6-8-10(12)15(2,3)4/h10,12H,5-9H2,1-4H3,(H,16,19). The van der Waals surface area contributed by atoms with Crippen LogP contribution in [0.5, 0.6) is 0 Å². The van der Waals surface area contributed by atoms with Gasteiger partial charge in [0, 0.05) is 6.04 Å². The normalized spacial score (nSPS) is 23.6. The van der Waals surface area contributed by atoms with E-state index in [4.69, 9.17) is 0 Å². The molecular formula is C15H25N3OS. The molecule has 0 aromatic carbocycles. The molecular weight excluding hydrogens is 270 g/mol. The van der Waals surface area contributed by atoms with E-state index in [1.54, 1.807) is 0 Å². The van der Waals surface area contributed by atoms with Crippen molar-refractivity contribution in [3.05, 3.63) is 10.6 Å². The molecule has 0 saturated heterocycles. The molecule has 0 spiro atoms. The summed E-state index contributed by atoms with van der Waals surface area (Å²) in [5.41, 5.74) is 1.05. The smallest absolute Gasteiger partial charge is 0.265 e. The average molecular weight is 295 g/mol. The molecule has 1 aromatic rings. The summed E-state index contributed by atoms with van der Waals surface area (Å²) in [5, 5.41) is 7.27. The highest BCUT2D eigenvalue weighted by atomic mass is 32.1. The van der Waals surface area contributed by atoms with Crippen molar-refractivity contribution in [2.45, 2.75) is 65.8 Å². The molecule has 1 aliphatic carbocycles. The Hall–Kier alpha value is -0.970. The van der Waals surface area contributed by atoms with E-state index in [1.807, 2.05) is 6.92 Å². The highest BCUT2D eigenvalue weighted by Crippen LogP contribution is 2.38. The van der Waals surface area contributed by atoms with E-state index in [2.05, 4.69) is 35.7 Å². The van der Waals surface area contributed by atoms with Crippen LogP contribution in [0.1, 0.15) is 68.7 Å². The summed E-state index contributed by atoms with van der Waals surface area (Å²) in [7, 11) is 0. The number of nitrogens with one attached hydrogen (secondary N) is 1. The monoisotopic (exact) mass is 295 g/mol. The van der Waals surface area contributed by atoms with Crippen molar-refractivity contribution in [2.75, 3.05) is 0 Å². The maximum atomic E-state index is 12.4.